The molecule has 21 atom stereocenters. The molecule has 0 bridgehead atoms. The summed E-state index contributed by atoms with van der Waals surface area (Å²) >= 11 is 0. The van der Waals surface area contributed by atoms with Gasteiger partial charge in [-0.05, 0) is 17.8 Å². The molecule has 4 saturated heterocycles. The second-order valence-electron chi connectivity index (χ2n) is 19.3. The van der Waals surface area contributed by atoms with Gasteiger partial charge < -0.3 is 94.4 Å². The molecule has 22 nitrogen and oxygen atoms in total. The van der Waals surface area contributed by atoms with Crippen LogP contribution in [0.5, 0.6) is 0 Å². The molecule has 4 rings (SSSR count). The molecule has 0 amide bonds. The highest BCUT2D eigenvalue weighted by Crippen LogP contribution is 2.40. The fourth-order valence-electron chi connectivity index (χ4n) is 7.89. The first-order valence-electron chi connectivity index (χ1n) is 23.8. The van der Waals surface area contributed by atoms with Gasteiger partial charge >= 0.3 is 12.1 Å². The third kappa shape index (κ3) is 20.9. The third-order valence-electron chi connectivity index (χ3n) is 11.5. The largest absolute Gasteiger partial charge is 0.477 e. The lowest BCUT2D eigenvalue weighted by Gasteiger charge is -2.48. The Kier molecular flexibility index (Phi) is 33.9. The lowest BCUT2D eigenvalue weighted by Crippen LogP contribution is -2.63. The Bertz CT molecular complexity index is 1380. The summed E-state index contributed by atoms with van der Waals surface area (Å²) in [6.07, 6.45) is -23.3. The first kappa shape index (κ1) is 69.2. The highest BCUT2D eigenvalue weighted by molar-refractivity contribution is 5.76. The summed E-state index contributed by atoms with van der Waals surface area (Å²) in [5.74, 6) is -4.44. The number of aliphatic hydroxyl groups is 11. The van der Waals surface area contributed by atoms with Crippen LogP contribution in [-0.2, 0) is 47.5 Å². The second-order valence-corrected chi connectivity index (χ2v) is 19.3. The molecule has 4 aliphatic heterocycles. The Morgan fingerprint density at radius 3 is 1.62 bits per heavy atom. The first-order chi connectivity index (χ1) is 31.7. The number of rotatable bonds is 16. The minimum Gasteiger partial charge on any atom is -0.477 e. The maximum atomic E-state index is 12.6. The molecule has 412 valence electrons. The van der Waals surface area contributed by atoms with Gasteiger partial charge in [-0.1, -0.05) is 97.4 Å². The molecule has 69 heavy (non-hydrogen) atoms. The Balaban J connectivity index is 0. The SMILES string of the molecule is C.CC.CC(C)C.CC(C)C.CC(C)[C@H]1OC(CO[C@]2(C(=O)O)C[C@@H](O)[C@@H](C)C([C@H](O)[C@H](O)CO)O2)C[C@H](O[C@@H]2OC(CO)[C@H](O)[C@H](O[C@@H]3C[C@@H](O)[C@@H](C)C([C@H](O)[C@H](O)CO)O3)C2O)C1C.O=C=O. The van der Waals surface area contributed by atoms with Crippen LogP contribution in [0.1, 0.15) is 117 Å². The van der Waals surface area contributed by atoms with Gasteiger partial charge in [0.2, 0.25) is 0 Å². The molecule has 4 aliphatic rings. The molecule has 4 heterocycles. The number of aliphatic hydroxyl groups excluding tert-OH is 11. The van der Waals surface area contributed by atoms with Crippen molar-refractivity contribution in [3.8, 4) is 0 Å². The van der Waals surface area contributed by atoms with Crippen molar-refractivity contribution in [1.29, 1.82) is 0 Å². The second kappa shape index (κ2) is 33.8. The quantitative estimate of drug-likeness (QED) is 0.0980. The van der Waals surface area contributed by atoms with Crippen LogP contribution in [0.3, 0.4) is 0 Å². The fraction of sp³-hybridized carbons (Fsp3) is 0.957. The number of carboxylic acid groups (broad SMARTS) is 1. The number of aliphatic carboxylic acids is 1. The number of hydrogen-bond acceptors (Lipinski definition) is 21. The monoisotopic (exact) mass is 1010 g/mol. The molecule has 12 N–H and O–H groups in total. The van der Waals surface area contributed by atoms with E-state index in [0.29, 0.717) is 0 Å². The van der Waals surface area contributed by atoms with Crippen LogP contribution < -0.4 is 0 Å². The zero-order valence-electron chi connectivity index (χ0n) is 42.2. The van der Waals surface area contributed by atoms with Gasteiger partial charge in [-0.2, -0.15) is 9.59 Å². The van der Waals surface area contributed by atoms with Crippen molar-refractivity contribution in [3.05, 3.63) is 0 Å². The van der Waals surface area contributed by atoms with Gasteiger partial charge in [0, 0.05) is 37.0 Å². The maximum absolute atomic E-state index is 12.6. The Hall–Kier alpha value is -1.87. The molecule has 0 radical (unpaired) electrons. The Labute approximate surface area is 408 Å². The Morgan fingerprint density at radius 2 is 1.17 bits per heavy atom. The molecule has 0 spiro atoms. The maximum Gasteiger partial charge on any atom is 0.373 e. The first-order valence-corrected chi connectivity index (χ1v) is 23.8. The smallest absolute Gasteiger partial charge is 0.373 e. The van der Waals surface area contributed by atoms with Gasteiger partial charge in [0.15, 0.2) is 12.6 Å². The van der Waals surface area contributed by atoms with E-state index in [1.807, 2.05) is 34.6 Å². The van der Waals surface area contributed by atoms with Crippen LogP contribution in [0.4, 0.5) is 0 Å². The zero-order valence-corrected chi connectivity index (χ0v) is 42.2. The minimum absolute atomic E-state index is 0. The van der Waals surface area contributed by atoms with Crippen LogP contribution >= 0.6 is 0 Å². The standard InChI is InChI=1S/C35H62O20.2C4H10.C2H6.CO2.CH4/c1-13(2)29-16(5)22(6-17(50-29)12-49-35(34(47)48)8-19(40)15(4)31(55-35)26(44)21(42)10-37)51-33-28(46)32(27(45)23(11-38)52-33)54-24-7-18(39)14(3)30(53-24)25(43)20(41)9-36;2*1-4(2)3;1-2;2-1-3;/h13-33,36-46H,6-12H2,1-5H3,(H,47,48);2*4H,1-3H3;1-2H3;;1H4/t14-,15-,16?,17?,18-,19-,20-,21-,22+,23?,24-,25-,26-,27+,28?,29-,30?,31?,32+,33-,35-;;;;;/m1...../s1. The van der Waals surface area contributed by atoms with Crippen LogP contribution in [0.25, 0.3) is 0 Å². The van der Waals surface area contributed by atoms with E-state index in [2.05, 4.69) is 41.5 Å². The average Bonchev–Trinajstić information content (AvgIpc) is 3.27. The predicted octanol–water partition coefficient (Wildman–Crippen LogP) is 0.172. The van der Waals surface area contributed by atoms with Gasteiger partial charge in [0.25, 0.3) is 5.79 Å². The molecule has 0 aromatic rings. The van der Waals surface area contributed by atoms with Crippen molar-refractivity contribution < 1.29 is 109 Å². The number of ether oxygens (including phenoxy) is 7. The normalized spacial score (nSPS) is 37.3. The van der Waals surface area contributed by atoms with Crippen molar-refractivity contribution in [2.24, 2.45) is 35.5 Å². The molecule has 0 saturated carbocycles. The number of carbonyl (C=O) groups is 1. The van der Waals surface area contributed by atoms with Crippen molar-refractivity contribution >= 4 is 12.1 Å². The van der Waals surface area contributed by atoms with Crippen LogP contribution in [0.2, 0.25) is 0 Å². The van der Waals surface area contributed by atoms with Crippen LogP contribution in [0, 0.1) is 35.5 Å². The van der Waals surface area contributed by atoms with E-state index in [0.717, 1.165) is 11.8 Å². The van der Waals surface area contributed by atoms with Crippen molar-refractivity contribution in [1.82, 2.24) is 0 Å². The molecule has 6 unspecified atom stereocenters. The van der Waals surface area contributed by atoms with Crippen molar-refractivity contribution in [2.45, 2.75) is 227 Å². The van der Waals surface area contributed by atoms with E-state index in [9.17, 15) is 66.1 Å². The van der Waals surface area contributed by atoms with Crippen LogP contribution in [-0.4, -0.2) is 210 Å². The van der Waals surface area contributed by atoms with Gasteiger partial charge in [-0.25, -0.2) is 4.79 Å². The minimum atomic E-state index is -2.47. The summed E-state index contributed by atoms with van der Waals surface area (Å²) in [5.41, 5.74) is 0. The number of hydrogen-bond donors (Lipinski definition) is 12. The van der Waals surface area contributed by atoms with E-state index in [4.69, 9.17) is 42.7 Å². The summed E-state index contributed by atoms with van der Waals surface area (Å²) in [6.45, 7) is 22.9. The van der Waals surface area contributed by atoms with E-state index in [-0.39, 0.29) is 38.3 Å². The summed E-state index contributed by atoms with van der Waals surface area (Å²) in [5, 5.41) is 124. The van der Waals surface area contributed by atoms with Gasteiger partial charge in [0.1, 0.15) is 48.8 Å². The summed E-state index contributed by atoms with van der Waals surface area (Å²) in [7, 11) is 0. The number of carbonyl (C=O) groups excluding carboxylic acids is 2. The van der Waals surface area contributed by atoms with E-state index < -0.39 is 161 Å². The van der Waals surface area contributed by atoms with Crippen LogP contribution in [0.15, 0.2) is 0 Å². The molecule has 0 aromatic carbocycles. The number of carboxylic acids is 1. The molecule has 4 fully saturated rings. The molecular weight excluding hydrogens is 916 g/mol. The van der Waals surface area contributed by atoms with Gasteiger partial charge in [0.05, 0.1) is 69.2 Å². The molecule has 22 heteroatoms. The predicted molar refractivity (Wildman–Crippen MR) is 247 cm³/mol. The van der Waals surface area contributed by atoms with Gasteiger partial charge in [-0.3, -0.25) is 0 Å². The van der Waals surface area contributed by atoms with Crippen molar-refractivity contribution in [2.75, 3.05) is 26.4 Å². The summed E-state index contributed by atoms with van der Waals surface area (Å²) in [6, 6.07) is 0. The highest BCUT2D eigenvalue weighted by Gasteiger charge is 2.55. The third-order valence-corrected chi connectivity index (χ3v) is 11.5. The lowest BCUT2D eigenvalue weighted by molar-refractivity contribution is -0.357. The summed E-state index contributed by atoms with van der Waals surface area (Å²) in [4.78, 5) is 28.9. The van der Waals surface area contributed by atoms with Crippen molar-refractivity contribution in [3.63, 3.8) is 0 Å². The van der Waals surface area contributed by atoms with Gasteiger partial charge in [-0.15, -0.1) is 0 Å². The average molecular weight is 1010 g/mol. The highest BCUT2D eigenvalue weighted by atomic mass is 16.7. The van der Waals surface area contributed by atoms with E-state index in [1.165, 1.54) is 6.92 Å². The topological polar surface area (TPSA) is 359 Å². The van der Waals surface area contributed by atoms with E-state index >= 15 is 0 Å². The molecular formula is C47H92O22. The zero-order chi connectivity index (χ0) is 53.0. The lowest BCUT2D eigenvalue weighted by atomic mass is 9.84. The molecule has 0 aromatic heterocycles. The van der Waals surface area contributed by atoms with E-state index in [1.54, 1.807) is 6.92 Å². The summed E-state index contributed by atoms with van der Waals surface area (Å²) < 4.78 is 41.8. The fourth-order valence-corrected chi connectivity index (χ4v) is 7.89. The Morgan fingerprint density at radius 1 is 0.696 bits per heavy atom. The molecule has 0 aliphatic carbocycles.